The maximum Gasteiger partial charge on any atom is 0.220 e. The molecule has 0 fully saturated rings. The van der Waals surface area contributed by atoms with Crippen LogP contribution in [0.4, 0.5) is 0 Å². The van der Waals surface area contributed by atoms with Crippen molar-refractivity contribution < 1.29 is 14.7 Å². The molecule has 1 aromatic carbocycles. The summed E-state index contributed by atoms with van der Waals surface area (Å²) >= 11 is 0. The van der Waals surface area contributed by atoms with Gasteiger partial charge in [-0.05, 0) is 18.6 Å². The summed E-state index contributed by atoms with van der Waals surface area (Å²) < 4.78 is 0. The van der Waals surface area contributed by atoms with Gasteiger partial charge in [-0.1, -0.05) is 12.1 Å². The maximum absolute atomic E-state index is 11.3. The zero-order chi connectivity index (χ0) is 13.7. The van der Waals surface area contributed by atoms with Crippen molar-refractivity contribution in [3.63, 3.8) is 0 Å². The molecule has 0 aliphatic heterocycles. The number of rotatable bonds is 6. The number of imidazole rings is 1. The van der Waals surface area contributed by atoms with Crippen LogP contribution in [0.25, 0.3) is 11.0 Å². The van der Waals surface area contributed by atoms with Crippen molar-refractivity contribution in [3.8, 4) is 0 Å². The Morgan fingerprint density at radius 1 is 1.26 bits per heavy atom. The SMILES string of the molecule is O=C([O-])CCC(=O)NCCc1nc2ccccc2[nH]1. The van der Waals surface area contributed by atoms with E-state index in [1.165, 1.54) is 0 Å². The number of benzene rings is 1. The van der Waals surface area contributed by atoms with Crippen molar-refractivity contribution in [1.82, 2.24) is 15.3 Å². The number of carboxylic acids is 1. The van der Waals surface area contributed by atoms with Gasteiger partial charge in [0.1, 0.15) is 5.82 Å². The third kappa shape index (κ3) is 3.80. The van der Waals surface area contributed by atoms with Crippen molar-refractivity contribution in [2.24, 2.45) is 0 Å². The van der Waals surface area contributed by atoms with Gasteiger partial charge in [0.25, 0.3) is 0 Å². The first kappa shape index (κ1) is 13.1. The number of aliphatic carboxylic acids is 1. The number of carbonyl (C=O) groups excluding carboxylic acids is 2. The van der Waals surface area contributed by atoms with Crippen LogP contribution in [0.3, 0.4) is 0 Å². The molecule has 0 aliphatic carbocycles. The van der Waals surface area contributed by atoms with Gasteiger partial charge in [0.05, 0.1) is 11.0 Å². The molecule has 0 spiro atoms. The lowest BCUT2D eigenvalue weighted by molar-refractivity contribution is -0.305. The second-order valence-electron chi connectivity index (χ2n) is 4.17. The van der Waals surface area contributed by atoms with Crippen LogP contribution in [-0.4, -0.2) is 28.4 Å². The molecule has 2 N–H and O–H groups in total. The van der Waals surface area contributed by atoms with Crippen LogP contribution in [0.1, 0.15) is 18.7 Å². The molecule has 100 valence electrons. The van der Waals surface area contributed by atoms with E-state index in [0.29, 0.717) is 13.0 Å². The highest BCUT2D eigenvalue weighted by molar-refractivity contribution is 5.80. The molecule has 1 aromatic heterocycles. The minimum absolute atomic E-state index is 0.0531. The average Bonchev–Trinajstić information content (AvgIpc) is 2.79. The van der Waals surface area contributed by atoms with Crippen molar-refractivity contribution in [1.29, 1.82) is 0 Å². The number of nitrogens with zero attached hydrogens (tertiary/aromatic N) is 1. The molecule has 0 aliphatic rings. The number of amides is 1. The molecule has 0 saturated heterocycles. The molecule has 0 radical (unpaired) electrons. The van der Waals surface area contributed by atoms with E-state index < -0.39 is 5.97 Å². The Balaban J connectivity index is 1.79. The lowest BCUT2D eigenvalue weighted by atomic mass is 10.3. The number of nitrogens with one attached hydrogen (secondary N) is 2. The highest BCUT2D eigenvalue weighted by atomic mass is 16.4. The zero-order valence-electron chi connectivity index (χ0n) is 10.3. The Hall–Kier alpha value is -2.37. The fourth-order valence-electron chi connectivity index (χ4n) is 1.75. The van der Waals surface area contributed by atoms with Gasteiger partial charge >= 0.3 is 0 Å². The first-order valence-electron chi connectivity index (χ1n) is 6.05. The van der Waals surface area contributed by atoms with Crippen LogP contribution in [-0.2, 0) is 16.0 Å². The first-order chi connectivity index (χ1) is 9.15. The van der Waals surface area contributed by atoms with Crippen LogP contribution < -0.4 is 10.4 Å². The summed E-state index contributed by atoms with van der Waals surface area (Å²) in [6, 6.07) is 7.68. The minimum atomic E-state index is -1.22. The molecular weight excluding hydrogens is 246 g/mol. The van der Waals surface area contributed by atoms with Gasteiger partial charge in [0, 0.05) is 25.4 Å². The van der Waals surface area contributed by atoms with Crippen LogP contribution in [0.2, 0.25) is 0 Å². The smallest absolute Gasteiger partial charge is 0.220 e. The van der Waals surface area contributed by atoms with E-state index in [0.717, 1.165) is 16.9 Å². The molecule has 19 heavy (non-hydrogen) atoms. The number of fused-ring (bicyclic) bond motifs is 1. The first-order valence-corrected chi connectivity index (χ1v) is 6.05. The number of aromatic amines is 1. The second kappa shape index (κ2) is 5.99. The number of carbonyl (C=O) groups is 2. The van der Waals surface area contributed by atoms with E-state index in [2.05, 4.69) is 15.3 Å². The zero-order valence-corrected chi connectivity index (χ0v) is 10.3. The van der Waals surface area contributed by atoms with Gasteiger partial charge in [-0.15, -0.1) is 0 Å². The summed E-state index contributed by atoms with van der Waals surface area (Å²) in [7, 11) is 0. The Labute approximate surface area is 109 Å². The Morgan fingerprint density at radius 3 is 2.79 bits per heavy atom. The molecule has 2 rings (SSSR count). The second-order valence-corrected chi connectivity index (χ2v) is 4.17. The van der Waals surface area contributed by atoms with Gasteiger partial charge in [0.2, 0.25) is 5.91 Å². The number of hydrogen-bond acceptors (Lipinski definition) is 4. The number of carboxylic acid groups (broad SMARTS) is 1. The minimum Gasteiger partial charge on any atom is -0.550 e. The van der Waals surface area contributed by atoms with Crippen molar-refractivity contribution in [2.75, 3.05) is 6.54 Å². The molecule has 6 heteroatoms. The number of para-hydroxylation sites is 2. The van der Waals surface area contributed by atoms with Crippen molar-refractivity contribution in [3.05, 3.63) is 30.1 Å². The van der Waals surface area contributed by atoms with Crippen LogP contribution in [0.5, 0.6) is 0 Å². The van der Waals surface area contributed by atoms with Gasteiger partial charge < -0.3 is 20.2 Å². The monoisotopic (exact) mass is 260 g/mol. The van der Waals surface area contributed by atoms with E-state index in [1.807, 2.05) is 24.3 Å². The predicted molar refractivity (Wildman–Crippen MR) is 67.0 cm³/mol. The standard InChI is InChI=1S/C13H15N3O3/c17-12(5-6-13(18)19)14-8-7-11-15-9-3-1-2-4-10(9)16-11/h1-4H,5-8H2,(H,14,17)(H,15,16)(H,18,19)/p-1. The molecule has 0 bridgehead atoms. The fourth-order valence-corrected chi connectivity index (χ4v) is 1.75. The molecule has 0 saturated carbocycles. The summed E-state index contributed by atoms with van der Waals surface area (Å²) in [6.07, 6.45) is 0.269. The van der Waals surface area contributed by atoms with Crippen LogP contribution in [0, 0.1) is 0 Å². The third-order valence-electron chi connectivity index (χ3n) is 2.68. The summed E-state index contributed by atoms with van der Waals surface area (Å²) in [6.45, 7) is 0.422. The van der Waals surface area contributed by atoms with Gasteiger partial charge in [-0.3, -0.25) is 4.79 Å². The average molecular weight is 260 g/mol. The lowest BCUT2D eigenvalue weighted by Crippen LogP contribution is -2.29. The topological polar surface area (TPSA) is 97.9 Å². The van der Waals surface area contributed by atoms with Gasteiger partial charge in [0.15, 0.2) is 0 Å². The van der Waals surface area contributed by atoms with Gasteiger partial charge in [-0.25, -0.2) is 4.98 Å². The quantitative estimate of drug-likeness (QED) is 0.748. The molecule has 1 heterocycles. The van der Waals surface area contributed by atoms with E-state index in [9.17, 15) is 14.7 Å². The highest BCUT2D eigenvalue weighted by Gasteiger charge is 2.04. The summed E-state index contributed by atoms with van der Waals surface area (Å²) in [5.41, 5.74) is 1.85. The highest BCUT2D eigenvalue weighted by Crippen LogP contribution is 2.10. The van der Waals surface area contributed by atoms with E-state index in [-0.39, 0.29) is 18.7 Å². The predicted octanol–water partition coefficient (Wildman–Crippen LogP) is -0.248. The van der Waals surface area contributed by atoms with Crippen LogP contribution >= 0.6 is 0 Å². The van der Waals surface area contributed by atoms with E-state index >= 15 is 0 Å². The van der Waals surface area contributed by atoms with E-state index in [4.69, 9.17) is 0 Å². The number of H-pyrrole nitrogens is 1. The molecule has 6 nitrogen and oxygen atoms in total. The molecule has 0 unspecified atom stereocenters. The third-order valence-corrected chi connectivity index (χ3v) is 2.68. The summed E-state index contributed by atoms with van der Waals surface area (Å²) in [5.74, 6) is -0.714. The Morgan fingerprint density at radius 2 is 2.05 bits per heavy atom. The molecule has 0 atom stereocenters. The van der Waals surface area contributed by atoms with Crippen LogP contribution in [0.15, 0.2) is 24.3 Å². The Bertz CT molecular complexity index is 559. The largest absolute Gasteiger partial charge is 0.550 e. The molecule has 1 amide bonds. The molecular formula is C13H14N3O3-. The maximum atomic E-state index is 11.3. The molecule has 2 aromatic rings. The van der Waals surface area contributed by atoms with E-state index in [1.54, 1.807) is 0 Å². The van der Waals surface area contributed by atoms with Gasteiger partial charge in [-0.2, -0.15) is 0 Å². The number of aromatic nitrogens is 2. The summed E-state index contributed by atoms with van der Waals surface area (Å²) in [4.78, 5) is 29.0. The van der Waals surface area contributed by atoms with Crippen molar-refractivity contribution in [2.45, 2.75) is 19.3 Å². The van der Waals surface area contributed by atoms with Crippen molar-refractivity contribution >= 4 is 22.9 Å². The normalized spacial score (nSPS) is 10.5. The summed E-state index contributed by atoms with van der Waals surface area (Å²) in [5, 5.41) is 12.8. The Kier molecular flexibility index (Phi) is 4.12. The number of hydrogen-bond donors (Lipinski definition) is 2. The lowest BCUT2D eigenvalue weighted by Gasteiger charge is -2.04. The fraction of sp³-hybridized carbons (Fsp3) is 0.308.